The van der Waals surface area contributed by atoms with E-state index in [0.717, 1.165) is 22.4 Å². The smallest absolute Gasteiger partial charge is 0.141 e. The van der Waals surface area contributed by atoms with Crippen LogP contribution in [0.2, 0.25) is 0 Å². The Bertz CT molecular complexity index is 574. The van der Waals surface area contributed by atoms with E-state index in [2.05, 4.69) is 32.4 Å². The van der Waals surface area contributed by atoms with Crippen LogP contribution >= 0.6 is 15.9 Å². The van der Waals surface area contributed by atoms with Crippen LogP contribution in [0, 0.1) is 5.82 Å². The number of halogens is 2. The number of nitrogens with zero attached hydrogens (tertiary/aromatic N) is 2. The van der Waals surface area contributed by atoms with Crippen molar-refractivity contribution in [3.05, 3.63) is 40.4 Å². The summed E-state index contributed by atoms with van der Waals surface area (Å²) in [5.74, 6) is 0.723. The number of imidazole rings is 1. The zero-order valence-corrected chi connectivity index (χ0v) is 11.7. The average Bonchev–Trinajstić information content (AvgIpc) is 2.70. The molecule has 18 heavy (non-hydrogen) atoms. The van der Waals surface area contributed by atoms with Gasteiger partial charge in [0.15, 0.2) is 0 Å². The summed E-state index contributed by atoms with van der Waals surface area (Å²) in [6, 6.07) is 7.00. The van der Waals surface area contributed by atoms with Crippen molar-refractivity contribution in [3.63, 3.8) is 0 Å². The van der Waals surface area contributed by atoms with Crippen molar-refractivity contribution in [2.45, 2.75) is 32.2 Å². The van der Waals surface area contributed by atoms with Crippen LogP contribution in [0.15, 0.2) is 28.9 Å². The molecule has 0 N–H and O–H groups in total. The van der Waals surface area contributed by atoms with Crippen molar-refractivity contribution in [2.24, 2.45) is 0 Å². The molecule has 4 heteroatoms. The van der Waals surface area contributed by atoms with Crippen molar-refractivity contribution in [1.82, 2.24) is 9.55 Å². The van der Waals surface area contributed by atoms with E-state index >= 15 is 0 Å². The fraction of sp³-hybridized carbons (Fsp3) is 0.357. The number of fused-ring (bicyclic) bond motifs is 1. The van der Waals surface area contributed by atoms with Crippen molar-refractivity contribution in [1.29, 1.82) is 0 Å². The van der Waals surface area contributed by atoms with Crippen molar-refractivity contribution >= 4 is 15.9 Å². The van der Waals surface area contributed by atoms with Gasteiger partial charge in [0, 0.05) is 11.6 Å². The molecule has 3 rings (SSSR count). The maximum atomic E-state index is 13.0. The quantitative estimate of drug-likeness (QED) is 0.766. The molecular formula is C14H14BrFN2. The second-order valence-corrected chi connectivity index (χ2v) is 5.54. The number of hydrogen-bond donors (Lipinski definition) is 0. The third-order valence-electron chi connectivity index (χ3n) is 3.54. The van der Waals surface area contributed by atoms with Gasteiger partial charge in [-0.15, -0.1) is 0 Å². The zero-order chi connectivity index (χ0) is 12.7. The van der Waals surface area contributed by atoms with E-state index in [4.69, 9.17) is 0 Å². The Morgan fingerprint density at radius 1 is 1.33 bits per heavy atom. The summed E-state index contributed by atoms with van der Waals surface area (Å²) in [5.41, 5.74) is 2.23. The Morgan fingerprint density at radius 3 is 2.78 bits per heavy atom. The van der Waals surface area contributed by atoms with Gasteiger partial charge in [0.1, 0.15) is 16.2 Å². The van der Waals surface area contributed by atoms with E-state index in [1.807, 2.05) is 0 Å². The Hall–Kier alpha value is -1.16. The van der Waals surface area contributed by atoms with Gasteiger partial charge >= 0.3 is 0 Å². The molecule has 0 saturated heterocycles. The van der Waals surface area contributed by atoms with E-state index in [-0.39, 0.29) is 5.82 Å². The van der Waals surface area contributed by atoms with Crippen LogP contribution in [0.25, 0.3) is 11.4 Å². The summed E-state index contributed by atoms with van der Waals surface area (Å²) in [7, 11) is 0. The van der Waals surface area contributed by atoms with Gasteiger partial charge < -0.3 is 4.57 Å². The lowest BCUT2D eigenvalue weighted by Gasteiger charge is -2.24. The molecule has 1 atom stereocenters. The molecule has 1 aliphatic heterocycles. The first-order valence-corrected chi connectivity index (χ1v) is 6.98. The lowest BCUT2D eigenvalue weighted by atomic mass is 10.0. The minimum Gasteiger partial charge on any atom is -0.324 e. The predicted molar refractivity (Wildman–Crippen MR) is 73.0 cm³/mol. The first-order valence-electron chi connectivity index (χ1n) is 6.19. The fourth-order valence-electron chi connectivity index (χ4n) is 2.63. The molecule has 1 unspecified atom stereocenters. The van der Waals surface area contributed by atoms with Gasteiger partial charge in [-0.05, 0) is 66.4 Å². The molecule has 2 nitrogen and oxygen atoms in total. The molecule has 1 aliphatic rings. The normalized spacial score (nSPS) is 18.7. The molecule has 0 fully saturated rings. The van der Waals surface area contributed by atoms with Crippen LogP contribution in [-0.4, -0.2) is 9.55 Å². The van der Waals surface area contributed by atoms with E-state index < -0.39 is 0 Å². The molecule has 1 aromatic carbocycles. The number of benzene rings is 1. The van der Waals surface area contributed by atoms with Gasteiger partial charge in [0.25, 0.3) is 0 Å². The Morgan fingerprint density at radius 2 is 2.06 bits per heavy atom. The van der Waals surface area contributed by atoms with Gasteiger partial charge in [0.05, 0.1) is 5.69 Å². The lowest BCUT2D eigenvalue weighted by molar-refractivity contribution is 0.435. The van der Waals surface area contributed by atoms with Crippen LogP contribution in [0.4, 0.5) is 4.39 Å². The number of aromatic nitrogens is 2. The summed E-state index contributed by atoms with van der Waals surface area (Å²) in [6.07, 6.45) is 3.43. The van der Waals surface area contributed by atoms with E-state index in [1.165, 1.54) is 30.7 Å². The third kappa shape index (κ3) is 1.88. The average molecular weight is 309 g/mol. The third-order valence-corrected chi connectivity index (χ3v) is 4.17. The molecule has 0 saturated carbocycles. The van der Waals surface area contributed by atoms with Crippen LogP contribution in [-0.2, 0) is 6.42 Å². The topological polar surface area (TPSA) is 17.8 Å². The Balaban J connectivity index is 2.15. The summed E-state index contributed by atoms with van der Waals surface area (Å²) in [6.45, 7) is 2.21. The monoisotopic (exact) mass is 308 g/mol. The van der Waals surface area contributed by atoms with Gasteiger partial charge in [0.2, 0.25) is 0 Å². The molecule has 0 radical (unpaired) electrons. The van der Waals surface area contributed by atoms with Crippen LogP contribution < -0.4 is 0 Å². The van der Waals surface area contributed by atoms with E-state index in [0.29, 0.717) is 6.04 Å². The number of rotatable bonds is 1. The Labute approximate surface area is 114 Å². The molecule has 2 heterocycles. The highest BCUT2D eigenvalue weighted by Crippen LogP contribution is 2.35. The van der Waals surface area contributed by atoms with Gasteiger partial charge in [-0.25, -0.2) is 9.37 Å². The minimum atomic E-state index is -0.212. The molecule has 0 aliphatic carbocycles. The maximum Gasteiger partial charge on any atom is 0.141 e. The Kier molecular flexibility index (Phi) is 2.98. The van der Waals surface area contributed by atoms with Crippen LogP contribution in [0.1, 0.15) is 31.5 Å². The fourth-order valence-corrected chi connectivity index (χ4v) is 3.19. The van der Waals surface area contributed by atoms with Crippen LogP contribution in [0.5, 0.6) is 0 Å². The van der Waals surface area contributed by atoms with E-state index in [9.17, 15) is 4.39 Å². The maximum absolute atomic E-state index is 13.0. The standard InChI is InChI=1S/C14H14BrFN2/c1-9-3-2-4-12-13(15)17-14(18(9)12)10-5-7-11(16)8-6-10/h5-9H,2-4H2,1H3. The van der Waals surface area contributed by atoms with Crippen LogP contribution in [0.3, 0.4) is 0 Å². The molecular weight excluding hydrogens is 295 g/mol. The molecule has 2 aromatic rings. The highest BCUT2D eigenvalue weighted by atomic mass is 79.9. The van der Waals surface area contributed by atoms with Crippen molar-refractivity contribution in [2.75, 3.05) is 0 Å². The largest absolute Gasteiger partial charge is 0.324 e. The molecule has 0 amide bonds. The summed E-state index contributed by atoms with van der Waals surface area (Å²) in [5, 5.41) is 0. The second kappa shape index (κ2) is 4.50. The second-order valence-electron chi connectivity index (χ2n) is 4.79. The first kappa shape index (κ1) is 11.9. The van der Waals surface area contributed by atoms with E-state index in [1.54, 1.807) is 12.1 Å². The molecule has 0 spiro atoms. The highest BCUT2D eigenvalue weighted by Gasteiger charge is 2.23. The minimum absolute atomic E-state index is 0.212. The zero-order valence-electron chi connectivity index (χ0n) is 10.2. The predicted octanol–water partition coefficient (Wildman–Crippen LogP) is 4.35. The molecule has 0 bridgehead atoms. The first-order chi connectivity index (χ1) is 8.66. The SMILES string of the molecule is CC1CCCc2c(Br)nc(-c3ccc(F)cc3)n21. The van der Waals surface area contributed by atoms with Gasteiger partial charge in [-0.1, -0.05) is 0 Å². The highest BCUT2D eigenvalue weighted by molar-refractivity contribution is 9.10. The van der Waals surface area contributed by atoms with Crippen molar-refractivity contribution in [3.8, 4) is 11.4 Å². The summed E-state index contributed by atoms with van der Waals surface area (Å²) in [4.78, 5) is 4.60. The molecule has 1 aromatic heterocycles. The van der Waals surface area contributed by atoms with Gasteiger partial charge in [-0.3, -0.25) is 0 Å². The summed E-state index contributed by atoms with van der Waals surface area (Å²) < 4.78 is 16.2. The summed E-state index contributed by atoms with van der Waals surface area (Å²) >= 11 is 3.54. The van der Waals surface area contributed by atoms with Crippen molar-refractivity contribution < 1.29 is 4.39 Å². The molecule has 94 valence electrons. The van der Waals surface area contributed by atoms with Gasteiger partial charge in [-0.2, -0.15) is 0 Å². The lowest BCUT2D eigenvalue weighted by Crippen LogP contribution is -2.15. The number of hydrogen-bond acceptors (Lipinski definition) is 1.